The number of hydrogen-bond acceptors (Lipinski definition) is 3. The Bertz CT molecular complexity index is 817. The van der Waals surface area contributed by atoms with E-state index in [1.165, 1.54) is 38.5 Å². The molecule has 0 radical (unpaired) electrons. The van der Waals surface area contributed by atoms with Crippen LogP contribution >= 0.6 is 0 Å². The topological polar surface area (TPSA) is 50.2 Å². The summed E-state index contributed by atoms with van der Waals surface area (Å²) in [6.07, 6.45) is 11.2. The molecule has 4 saturated carbocycles. The number of nitrogens with zero attached hydrogens (tertiary/aromatic N) is 1. The summed E-state index contributed by atoms with van der Waals surface area (Å²) in [5.74, 6) is 4.56. The first kappa shape index (κ1) is 20.7. The van der Waals surface area contributed by atoms with Crippen LogP contribution in [0.3, 0.4) is 0 Å². The van der Waals surface area contributed by atoms with Gasteiger partial charge in [-0.2, -0.15) is 0 Å². The van der Waals surface area contributed by atoms with Crippen LogP contribution in [0.15, 0.2) is 18.2 Å². The number of pyridine rings is 1. The number of hydrogen-bond donors (Lipinski definition) is 1. The second-order valence-electron chi connectivity index (χ2n) is 11.8. The van der Waals surface area contributed by atoms with E-state index in [2.05, 4.69) is 11.9 Å². The SMILES string of the molecule is Cc1cccc(CC(=O)C2CCC3C4CCC5CC(C)(O)CCC5C4CCC23C)n1. The monoisotopic (exact) mass is 409 g/mol. The van der Waals surface area contributed by atoms with E-state index < -0.39 is 5.60 Å². The van der Waals surface area contributed by atoms with Crippen LogP contribution in [0, 0.1) is 47.8 Å². The molecule has 0 saturated heterocycles. The van der Waals surface area contributed by atoms with Crippen molar-refractivity contribution in [3.63, 3.8) is 0 Å². The average Bonchev–Trinajstić information content (AvgIpc) is 3.04. The molecule has 1 aromatic rings. The highest BCUT2D eigenvalue weighted by Gasteiger charge is 2.58. The molecule has 1 heterocycles. The lowest BCUT2D eigenvalue weighted by Crippen LogP contribution is -2.51. The Labute approximate surface area is 182 Å². The summed E-state index contributed by atoms with van der Waals surface area (Å²) in [6, 6.07) is 6.04. The predicted molar refractivity (Wildman–Crippen MR) is 119 cm³/mol. The van der Waals surface area contributed by atoms with Gasteiger partial charge in [0.05, 0.1) is 5.60 Å². The fraction of sp³-hybridized carbons (Fsp3) is 0.778. The Hall–Kier alpha value is -1.22. The lowest BCUT2D eigenvalue weighted by atomic mass is 9.49. The van der Waals surface area contributed by atoms with Gasteiger partial charge < -0.3 is 5.11 Å². The van der Waals surface area contributed by atoms with Crippen LogP contribution in [0.5, 0.6) is 0 Å². The number of carbonyl (C=O) groups excluding carboxylic acids is 1. The van der Waals surface area contributed by atoms with Crippen molar-refractivity contribution in [3.8, 4) is 0 Å². The smallest absolute Gasteiger partial charge is 0.142 e. The van der Waals surface area contributed by atoms with Crippen LogP contribution in [0.1, 0.15) is 83.0 Å². The van der Waals surface area contributed by atoms with Gasteiger partial charge in [0.1, 0.15) is 5.78 Å². The van der Waals surface area contributed by atoms with E-state index in [4.69, 9.17) is 0 Å². The average molecular weight is 410 g/mol. The molecule has 0 amide bonds. The third-order valence-electron chi connectivity index (χ3n) is 9.93. The normalized spacial score (nSPS) is 45.3. The molecule has 4 fully saturated rings. The molecular formula is C27H39NO2. The Morgan fingerprint density at radius 1 is 1.03 bits per heavy atom. The minimum absolute atomic E-state index is 0.190. The Morgan fingerprint density at radius 2 is 1.83 bits per heavy atom. The number of Topliss-reactive ketones (excluding diaryl/α,β-unsaturated/α-hetero) is 1. The quantitative estimate of drug-likeness (QED) is 0.715. The number of aliphatic hydroxyl groups is 1. The molecule has 0 bridgehead atoms. The van der Waals surface area contributed by atoms with Crippen LogP contribution in [0.25, 0.3) is 0 Å². The summed E-state index contributed by atoms with van der Waals surface area (Å²) in [7, 11) is 0. The fourth-order valence-corrected chi connectivity index (χ4v) is 8.61. The molecule has 3 heteroatoms. The molecule has 30 heavy (non-hydrogen) atoms. The van der Waals surface area contributed by atoms with Gasteiger partial charge in [-0.15, -0.1) is 0 Å². The summed E-state index contributed by atoms with van der Waals surface area (Å²) in [5, 5.41) is 10.6. The molecular weight excluding hydrogens is 370 g/mol. The Morgan fingerprint density at radius 3 is 2.63 bits per heavy atom. The zero-order chi connectivity index (χ0) is 21.1. The summed E-state index contributed by atoms with van der Waals surface area (Å²) in [6.45, 7) is 6.50. The van der Waals surface area contributed by atoms with Gasteiger partial charge in [-0.25, -0.2) is 0 Å². The fourth-order valence-electron chi connectivity index (χ4n) is 8.61. The van der Waals surface area contributed by atoms with Crippen molar-refractivity contribution in [1.29, 1.82) is 0 Å². The Balaban J connectivity index is 1.31. The molecule has 0 spiro atoms. The van der Waals surface area contributed by atoms with E-state index in [9.17, 15) is 9.90 Å². The van der Waals surface area contributed by atoms with Crippen LogP contribution in [0.4, 0.5) is 0 Å². The van der Waals surface area contributed by atoms with Gasteiger partial charge in [0, 0.05) is 23.7 Å². The molecule has 8 atom stereocenters. The second kappa shape index (κ2) is 7.43. The van der Waals surface area contributed by atoms with Crippen molar-refractivity contribution >= 4 is 5.78 Å². The molecule has 4 aliphatic carbocycles. The van der Waals surface area contributed by atoms with Crippen LogP contribution in [0.2, 0.25) is 0 Å². The molecule has 3 nitrogen and oxygen atoms in total. The highest BCUT2D eigenvalue weighted by molar-refractivity contribution is 5.84. The summed E-state index contributed by atoms with van der Waals surface area (Å²) in [4.78, 5) is 18.0. The Kier molecular flexibility index (Phi) is 5.12. The van der Waals surface area contributed by atoms with Gasteiger partial charge >= 0.3 is 0 Å². The number of fused-ring (bicyclic) bond motifs is 5. The van der Waals surface area contributed by atoms with Gasteiger partial charge in [-0.3, -0.25) is 9.78 Å². The zero-order valence-electron chi connectivity index (χ0n) is 19.1. The van der Waals surface area contributed by atoms with E-state index >= 15 is 0 Å². The van der Waals surface area contributed by atoms with E-state index in [1.54, 1.807) is 0 Å². The first-order valence-electron chi connectivity index (χ1n) is 12.4. The van der Waals surface area contributed by atoms with Gasteiger partial charge in [-0.05, 0) is 119 Å². The number of carbonyl (C=O) groups is 1. The third-order valence-corrected chi connectivity index (χ3v) is 9.93. The summed E-state index contributed by atoms with van der Waals surface area (Å²) < 4.78 is 0. The van der Waals surface area contributed by atoms with E-state index in [1.807, 2.05) is 32.0 Å². The van der Waals surface area contributed by atoms with Crippen molar-refractivity contribution in [1.82, 2.24) is 4.98 Å². The maximum Gasteiger partial charge on any atom is 0.142 e. The molecule has 5 rings (SSSR count). The van der Waals surface area contributed by atoms with Gasteiger partial charge in [0.15, 0.2) is 0 Å². The molecule has 0 aliphatic heterocycles. The number of aryl methyl sites for hydroxylation is 1. The number of rotatable bonds is 3. The lowest BCUT2D eigenvalue weighted by molar-refractivity contribution is -0.131. The third kappa shape index (κ3) is 3.45. The lowest BCUT2D eigenvalue weighted by Gasteiger charge is -2.56. The standard InChI is InChI=1S/C27H39NO2/c1-17-5-4-6-19(28-17)15-25(29)24-10-9-23-22-8-7-18-16-26(2,30)13-11-20(18)21(22)12-14-27(23,24)3/h4-6,18,20-24,30H,7-16H2,1-3H3. The zero-order valence-corrected chi connectivity index (χ0v) is 19.1. The maximum atomic E-state index is 13.4. The van der Waals surface area contributed by atoms with Gasteiger partial charge in [0.2, 0.25) is 0 Å². The van der Waals surface area contributed by atoms with Crippen molar-refractivity contribution in [3.05, 3.63) is 29.6 Å². The van der Waals surface area contributed by atoms with Crippen molar-refractivity contribution in [2.45, 2.75) is 90.6 Å². The molecule has 0 aromatic carbocycles. The van der Waals surface area contributed by atoms with Crippen molar-refractivity contribution < 1.29 is 9.90 Å². The van der Waals surface area contributed by atoms with Crippen LogP contribution in [-0.4, -0.2) is 21.5 Å². The number of ketones is 1. The minimum atomic E-state index is -0.439. The van der Waals surface area contributed by atoms with E-state index in [-0.39, 0.29) is 11.3 Å². The van der Waals surface area contributed by atoms with Crippen molar-refractivity contribution in [2.75, 3.05) is 0 Å². The largest absolute Gasteiger partial charge is 0.390 e. The first-order chi connectivity index (χ1) is 14.3. The molecule has 1 N–H and O–H groups in total. The second-order valence-corrected chi connectivity index (χ2v) is 11.8. The van der Waals surface area contributed by atoms with Gasteiger partial charge in [0.25, 0.3) is 0 Å². The van der Waals surface area contributed by atoms with Crippen molar-refractivity contribution in [2.24, 2.45) is 40.9 Å². The molecule has 164 valence electrons. The van der Waals surface area contributed by atoms with Crippen LogP contribution in [-0.2, 0) is 11.2 Å². The summed E-state index contributed by atoms with van der Waals surface area (Å²) >= 11 is 0. The molecule has 4 aliphatic rings. The minimum Gasteiger partial charge on any atom is -0.390 e. The van der Waals surface area contributed by atoms with E-state index in [0.717, 1.165) is 60.2 Å². The predicted octanol–water partition coefficient (Wildman–Crippen LogP) is 5.52. The maximum absolute atomic E-state index is 13.4. The van der Waals surface area contributed by atoms with Crippen LogP contribution < -0.4 is 0 Å². The molecule has 1 aromatic heterocycles. The summed E-state index contributed by atoms with van der Waals surface area (Å²) in [5.41, 5.74) is 1.69. The van der Waals surface area contributed by atoms with Gasteiger partial charge in [-0.1, -0.05) is 13.0 Å². The highest BCUT2D eigenvalue weighted by Crippen LogP contribution is 2.64. The highest BCUT2D eigenvalue weighted by atomic mass is 16.3. The van der Waals surface area contributed by atoms with E-state index in [0.29, 0.717) is 12.2 Å². The molecule has 8 unspecified atom stereocenters. The number of aromatic nitrogens is 1. The first-order valence-corrected chi connectivity index (χ1v) is 12.4.